The van der Waals surface area contributed by atoms with Gasteiger partial charge in [-0.2, -0.15) is 0 Å². The Kier molecular flexibility index (Phi) is 7.19. The highest BCUT2D eigenvalue weighted by atomic mass is 32.2. The summed E-state index contributed by atoms with van der Waals surface area (Å²) in [4.78, 5) is 16.8. The van der Waals surface area contributed by atoms with Gasteiger partial charge in [0.25, 0.3) is 0 Å². The molecule has 2 aromatic carbocycles. The first-order chi connectivity index (χ1) is 16.0. The monoisotopic (exact) mass is 462 g/mol. The van der Waals surface area contributed by atoms with Crippen LogP contribution in [0.1, 0.15) is 36.9 Å². The van der Waals surface area contributed by atoms with Crippen LogP contribution in [0.3, 0.4) is 0 Å². The Morgan fingerprint density at radius 2 is 1.82 bits per heavy atom. The summed E-state index contributed by atoms with van der Waals surface area (Å²) in [5.41, 5.74) is 2.15. The molecule has 0 atom stereocenters. The molecule has 0 spiro atoms. The van der Waals surface area contributed by atoms with E-state index in [9.17, 15) is 13.2 Å². The molecule has 170 valence electrons. The van der Waals surface area contributed by atoms with Gasteiger partial charge in [0.1, 0.15) is 12.4 Å². The maximum absolute atomic E-state index is 12.8. The summed E-state index contributed by atoms with van der Waals surface area (Å²) in [6.07, 6.45) is 8.13. The molecule has 1 fully saturated rings. The molecular weight excluding hydrogens is 436 g/mol. The third kappa shape index (κ3) is 6.08. The van der Waals surface area contributed by atoms with Crippen molar-refractivity contribution >= 4 is 27.5 Å². The van der Waals surface area contributed by atoms with Crippen LogP contribution in [0.2, 0.25) is 0 Å². The molecule has 4 rings (SSSR count). The van der Waals surface area contributed by atoms with Gasteiger partial charge in [0.05, 0.1) is 15.8 Å². The summed E-state index contributed by atoms with van der Waals surface area (Å²) >= 11 is 0. The third-order valence-electron chi connectivity index (χ3n) is 5.59. The Labute approximate surface area is 194 Å². The number of pyridine rings is 1. The average molecular weight is 463 g/mol. The van der Waals surface area contributed by atoms with Gasteiger partial charge < -0.3 is 10.1 Å². The van der Waals surface area contributed by atoms with Gasteiger partial charge in [0.15, 0.2) is 9.84 Å². The Morgan fingerprint density at radius 1 is 1.03 bits per heavy atom. The number of nitrogens with zero attached hydrogens (tertiary/aromatic N) is 1. The zero-order chi connectivity index (χ0) is 23.1. The fourth-order valence-corrected chi connectivity index (χ4v) is 5.71. The number of nitrogens with one attached hydrogen (secondary N) is 1. The van der Waals surface area contributed by atoms with Gasteiger partial charge >= 0.3 is 0 Å². The second-order valence-electron chi connectivity index (χ2n) is 7.98. The van der Waals surface area contributed by atoms with Gasteiger partial charge in [-0.15, -0.1) is 0 Å². The van der Waals surface area contributed by atoms with Gasteiger partial charge in [-0.05, 0) is 66.9 Å². The molecule has 0 saturated heterocycles. The summed E-state index contributed by atoms with van der Waals surface area (Å²) in [6.45, 7) is 0.383. The lowest BCUT2D eigenvalue weighted by Crippen LogP contribution is -2.18. The smallest absolute Gasteiger partial charge is 0.248 e. The summed E-state index contributed by atoms with van der Waals surface area (Å²) in [5.74, 6) is 0.378. The third-order valence-corrected chi connectivity index (χ3v) is 7.85. The lowest BCUT2D eigenvalue weighted by Gasteiger charge is -2.12. The molecule has 1 amide bonds. The van der Waals surface area contributed by atoms with Crippen LogP contribution in [0.4, 0.5) is 5.69 Å². The first-order valence-corrected chi connectivity index (χ1v) is 12.5. The van der Waals surface area contributed by atoms with E-state index in [0.717, 1.165) is 24.1 Å². The zero-order valence-electron chi connectivity index (χ0n) is 18.2. The molecule has 1 saturated carbocycles. The minimum atomic E-state index is -3.36. The van der Waals surface area contributed by atoms with Crippen LogP contribution in [-0.4, -0.2) is 24.6 Å². The highest BCUT2D eigenvalue weighted by molar-refractivity contribution is 7.92. The number of ether oxygens (including phenoxy) is 1. The number of carbonyl (C=O) groups is 1. The van der Waals surface area contributed by atoms with Gasteiger partial charge in [-0.3, -0.25) is 9.78 Å². The minimum absolute atomic E-state index is 0.262. The van der Waals surface area contributed by atoms with E-state index in [4.69, 9.17) is 4.74 Å². The van der Waals surface area contributed by atoms with Crippen molar-refractivity contribution in [2.24, 2.45) is 0 Å². The maximum atomic E-state index is 12.8. The molecule has 0 aliphatic heterocycles. The van der Waals surface area contributed by atoms with E-state index >= 15 is 0 Å². The normalized spacial score (nSPS) is 14.4. The highest BCUT2D eigenvalue weighted by Crippen LogP contribution is 2.30. The van der Waals surface area contributed by atoms with Crippen LogP contribution in [0, 0.1) is 0 Å². The molecule has 1 aliphatic rings. The molecule has 3 aromatic rings. The zero-order valence-corrected chi connectivity index (χ0v) is 19.0. The molecule has 7 heteroatoms. The number of anilines is 1. The fraction of sp³-hybridized carbons (Fsp3) is 0.231. The molecule has 1 N–H and O–H groups in total. The second kappa shape index (κ2) is 10.4. The SMILES string of the molecule is O=C(/C=C/c1ccc(OCc2ccccn2)cc1)Nc1cccc(S(=O)(=O)C2CCCC2)c1. The Morgan fingerprint density at radius 3 is 2.55 bits per heavy atom. The van der Waals surface area contributed by atoms with Crippen molar-refractivity contribution in [2.75, 3.05) is 5.32 Å². The number of sulfone groups is 1. The van der Waals surface area contributed by atoms with Crippen molar-refractivity contribution in [3.8, 4) is 5.75 Å². The number of aromatic nitrogens is 1. The number of amides is 1. The van der Waals surface area contributed by atoms with E-state index in [0.29, 0.717) is 30.9 Å². The second-order valence-corrected chi connectivity index (χ2v) is 10.2. The van der Waals surface area contributed by atoms with Crippen molar-refractivity contribution in [3.05, 3.63) is 90.3 Å². The van der Waals surface area contributed by atoms with Crippen LogP contribution in [0.5, 0.6) is 5.75 Å². The van der Waals surface area contributed by atoms with Crippen LogP contribution >= 0.6 is 0 Å². The summed E-state index contributed by atoms with van der Waals surface area (Å²) in [6, 6.07) is 19.5. The van der Waals surface area contributed by atoms with Gasteiger partial charge in [0.2, 0.25) is 5.91 Å². The topological polar surface area (TPSA) is 85.4 Å². The quantitative estimate of drug-likeness (QED) is 0.475. The lowest BCUT2D eigenvalue weighted by atomic mass is 10.2. The highest BCUT2D eigenvalue weighted by Gasteiger charge is 2.30. The van der Waals surface area contributed by atoms with Crippen LogP contribution < -0.4 is 10.1 Å². The van der Waals surface area contributed by atoms with Crippen LogP contribution in [0.15, 0.2) is 83.9 Å². The summed E-state index contributed by atoms with van der Waals surface area (Å²) < 4.78 is 31.3. The van der Waals surface area contributed by atoms with Crippen LogP contribution in [0.25, 0.3) is 6.08 Å². The predicted molar refractivity (Wildman–Crippen MR) is 129 cm³/mol. The van der Waals surface area contributed by atoms with Crippen molar-refractivity contribution in [3.63, 3.8) is 0 Å². The largest absolute Gasteiger partial charge is 0.487 e. The predicted octanol–water partition coefficient (Wildman–Crippen LogP) is 5.03. The number of hydrogen-bond donors (Lipinski definition) is 1. The van der Waals surface area contributed by atoms with Crippen molar-refractivity contribution < 1.29 is 17.9 Å². The van der Waals surface area contributed by atoms with Crippen molar-refractivity contribution in [1.82, 2.24) is 4.98 Å². The standard InChI is InChI=1S/C26H26N2O4S/c29-26(28-21-7-5-10-25(18-21)33(30,31)24-8-1-2-9-24)16-13-20-11-14-23(15-12-20)32-19-22-6-3-4-17-27-22/h3-7,10-18,24H,1-2,8-9,19H2,(H,28,29)/b16-13+. The minimum Gasteiger partial charge on any atom is -0.487 e. The van der Waals surface area contributed by atoms with Gasteiger partial charge in [-0.25, -0.2) is 8.42 Å². The number of rotatable bonds is 8. The first-order valence-electron chi connectivity index (χ1n) is 11.0. The molecule has 1 heterocycles. The number of hydrogen-bond acceptors (Lipinski definition) is 5. The molecule has 0 bridgehead atoms. The maximum Gasteiger partial charge on any atom is 0.248 e. The molecule has 6 nitrogen and oxygen atoms in total. The first kappa shape index (κ1) is 22.7. The van der Waals surface area contributed by atoms with E-state index in [1.165, 1.54) is 12.1 Å². The van der Waals surface area contributed by atoms with Crippen molar-refractivity contribution in [1.29, 1.82) is 0 Å². The van der Waals surface area contributed by atoms with Crippen LogP contribution in [-0.2, 0) is 21.2 Å². The molecule has 33 heavy (non-hydrogen) atoms. The molecule has 0 unspecified atom stereocenters. The molecule has 1 aromatic heterocycles. The summed E-state index contributed by atoms with van der Waals surface area (Å²) in [5, 5.41) is 2.42. The molecule has 0 radical (unpaired) electrons. The lowest BCUT2D eigenvalue weighted by molar-refractivity contribution is -0.111. The van der Waals surface area contributed by atoms with Crippen molar-refractivity contribution in [2.45, 2.75) is 42.4 Å². The average Bonchev–Trinajstić information content (AvgIpc) is 3.39. The summed E-state index contributed by atoms with van der Waals surface area (Å²) in [7, 11) is -3.36. The molecular formula is C26H26N2O4S. The Bertz CT molecular complexity index is 1220. The van der Waals surface area contributed by atoms with E-state index in [1.54, 1.807) is 30.5 Å². The van der Waals surface area contributed by atoms with E-state index < -0.39 is 9.84 Å². The van der Waals surface area contributed by atoms with E-state index in [1.807, 2.05) is 42.5 Å². The number of carbonyl (C=O) groups excluding carboxylic acids is 1. The fourth-order valence-electron chi connectivity index (χ4n) is 3.81. The Hall–Kier alpha value is -3.45. The van der Waals surface area contributed by atoms with E-state index in [2.05, 4.69) is 10.3 Å². The Balaban J connectivity index is 1.33. The van der Waals surface area contributed by atoms with Gasteiger partial charge in [0, 0.05) is 18.0 Å². The van der Waals surface area contributed by atoms with Gasteiger partial charge in [-0.1, -0.05) is 37.1 Å². The molecule has 1 aliphatic carbocycles. The van der Waals surface area contributed by atoms with E-state index in [-0.39, 0.29) is 16.1 Å². The number of benzene rings is 2.